The maximum atomic E-state index is 12.6. The van der Waals surface area contributed by atoms with Crippen LogP contribution in [0.2, 0.25) is 0 Å². The van der Waals surface area contributed by atoms with E-state index >= 15 is 0 Å². The lowest BCUT2D eigenvalue weighted by molar-refractivity contribution is -0.129. The lowest BCUT2D eigenvalue weighted by Crippen LogP contribution is -2.49. The van der Waals surface area contributed by atoms with Crippen molar-refractivity contribution in [3.8, 4) is 0 Å². The largest absolute Gasteiger partial charge is 0.392 e. The van der Waals surface area contributed by atoms with E-state index in [0.717, 1.165) is 25.7 Å². The fourth-order valence-corrected chi connectivity index (χ4v) is 4.10. The van der Waals surface area contributed by atoms with Gasteiger partial charge in [0.2, 0.25) is 5.91 Å². The van der Waals surface area contributed by atoms with E-state index in [9.17, 15) is 4.79 Å². The van der Waals surface area contributed by atoms with Gasteiger partial charge in [-0.25, -0.2) is 0 Å². The smallest absolute Gasteiger partial charge is 0.233 e. The SMILES string of the molecule is Cc1cc(CNC(=O)C2(C(N)=S)CCCCC2)sc1C. The minimum Gasteiger partial charge on any atom is -0.392 e. The van der Waals surface area contributed by atoms with Crippen LogP contribution in [0.15, 0.2) is 6.07 Å². The van der Waals surface area contributed by atoms with Gasteiger partial charge in [-0.2, -0.15) is 0 Å². The van der Waals surface area contributed by atoms with Gasteiger partial charge in [0.25, 0.3) is 0 Å². The molecule has 0 aromatic carbocycles. The first-order valence-electron chi connectivity index (χ1n) is 7.10. The Bertz CT molecular complexity index is 496. The highest BCUT2D eigenvalue weighted by molar-refractivity contribution is 7.80. The molecule has 0 saturated heterocycles. The molecule has 3 nitrogen and oxygen atoms in total. The van der Waals surface area contributed by atoms with E-state index in [1.165, 1.54) is 21.7 Å². The molecule has 0 atom stereocenters. The van der Waals surface area contributed by atoms with Crippen LogP contribution in [-0.4, -0.2) is 10.9 Å². The van der Waals surface area contributed by atoms with Crippen molar-refractivity contribution < 1.29 is 4.79 Å². The Kier molecular flexibility index (Phi) is 4.81. The fourth-order valence-electron chi connectivity index (χ4n) is 2.81. The van der Waals surface area contributed by atoms with E-state index in [2.05, 4.69) is 25.2 Å². The third-order valence-corrected chi connectivity index (χ3v) is 5.80. The molecule has 0 radical (unpaired) electrons. The van der Waals surface area contributed by atoms with Crippen LogP contribution in [0.4, 0.5) is 0 Å². The summed E-state index contributed by atoms with van der Waals surface area (Å²) in [5.74, 6) is 0.00778. The molecule has 0 bridgehead atoms. The summed E-state index contributed by atoms with van der Waals surface area (Å²) < 4.78 is 0. The first kappa shape index (κ1) is 15.4. The van der Waals surface area contributed by atoms with E-state index in [-0.39, 0.29) is 5.91 Å². The predicted octanol–water partition coefficient (Wildman–Crippen LogP) is 3.22. The number of hydrogen-bond donors (Lipinski definition) is 2. The molecule has 1 aliphatic carbocycles. The Hall–Kier alpha value is -0.940. The van der Waals surface area contributed by atoms with Gasteiger partial charge in [0.1, 0.15) is 0 Å². The Morgan fingerprint density at radius 1 is 1.40 bits per heavy atom. The highest BCUT2D eigenvalue weighted by Crippen LogP contribution is 2.37. The third kappa shape index (κ3) is 3.04. The molecule has 1 fully saturated rings. The van der Waals surface area contributed by atoms with Gasteiger partial charge in [-0.15, -0.1) is 11.3 Å². The summed E-state index contributed by atoms with van der Waals surface area (Å²) in [5, 5.41) is 3.04. The van der Waals surface area contributed by atoms with Crippen LogP contribution in [0.25, 0.3) is 0 Å². The van der Waals surface area contributed by atoms with Crippen molar-refractivity contribution >= 4 is 34.5 Å². The molecule has 3 N–H and O–H groups in total. The zero-order chi connectivity index (χ0) is 14.8. The number of thiocarbonyl (C=S) groups is 1. The van der Waals surface area contributed by atoms with E-state index in [1.54, 1.807) is 11.3 Å². The molecule has 1 heterocycles. The number of nitrogens with one attached hydrogen (secondary N) is 1. The van der Waals surface area contributed by atoms with Gasteiger partial charge in [-0.1, -0.05) is 31.5 Å². The van der Waals surface area contributed by atoms with Crippen molar-refractivity contribution in [1.82, 2.24) is 5.32 Å². The monoisotopic (exact) mass is 310 g/mol. The Morgan fingerprint density at radius 3 is 2.55 bits per heavy atom. The predicted molar refractivity (Wildman–Crippen MR) is 87.9 cm³/mol. The van der Waals surface area contributed by atoms with Gasteiger partial charge in [-0.05, 0) is 38.3 Å². The van der Waals surface area contributed by atoms with Crippen LogP contribution in [0.1, 0.15) is 47.4 Å². The number of aryl methyl sites for hydroxylation is 2. The Morgan fingerprint density at radius 2 is 2.05 bits per heavy atom. The number of nitrogens with two attached hydrogens (primary N) is 1. The molecule has 0 unspecified atom stereocenters. The summed E-state index contributed by atoms with van der Waals surface area (Å²) in [6.07, 6.45) is 4.80. The van der Waals surface area contributed by atoms with Gasteiger partial charge < -0.3 is 11.1 Å². The zero-order valence-corrected chi connectivity index (χ0v) is 13.8. The van der Waals surface area contributed by atoms with Crippen molar-refractivity contribution in [2.75, 3.05) is 0 Å². The summed E-state index contributed by atoms with van der Waals surface area (Å²) in [5.41, 5.74) is 6.54. The second kappa shape index (κ2) is 6.22. The molecule has 1 amide bonds. The summed E-state index contributed by atoms with van der Waals surface area (Å²) in [4.78, 5) is 15.4. The van der Waals surface area contributed by atoms with Crippen LogP contribution in [0.5, 0.6) is 0 Å². The van der Waals surface area contributed by atoms with E-state index < -0.39 is 5.41 Å². The molecule has 20 heavy (non-hydrogen) atoms. The molecule has 1 aromatic heterocycles. The average molecular weight is 310 g/mol. The topological polar surface area (TPSA) is 55.1 Å². The van der Waals surface area contributed by atoms with Gasteiger partial charge >= 0.3 is 0 Å². The van der Waals surface area contributed by atoms with Gasteiger partial charge in [0.05, 0.1) is 16.9 Å². The quantitative estimate of drug-likeness (QED) is 0.840. The molecule has 110 valence electrons. The van der Waals surface area contributed by atoms with Crippen molar-refractivity contribution in [3.63, 3.8) is 0 Å². The minimum absolute atomic E-state index is 0.00778. The molecule has 0 spiro atoms. The Labute approximate surface area is 129 Å². The summed E-state index contributed by atoms with van der Waals surface area (Å²) in [7, 11) is 0. The Balaban J connectivity index is 2.04. The number of thiophene rings is 1. The number of hydrogen-bond acceptors (Lipinski definition) is 3. The van der Waals surface area contributed by atoms with Gasteiger partial charge in [-0.3, -0.25) is 4.79 Å². The molecule has 5 heteroatoms. The van der Waals surface area contributed by atoms with Crippen molar-refractivity contribution in [2.45, 2.75) is 52.5 Å². The lowest BCUT2D eigenvalue weighted by atomic mass is 9.73. The highest BCUT2D eigenvalue weighted by Gasteiger charge is 2.42. The minimum atomic E-state index is -0.616. The number of amides is 1. The fraction of sp³-hybridized carbons (Fsp3) is 0.600. The van der Waals surface area contributed by atoms with Gasteiger partial charge in [0, 0.05) is 9.75 Å². The molecule has 2 rings (SSSR count). The molecule has 1 aromatic rings. The zero-order valence-electron chi connectivity index (χ0n) is 12.1. The average Bonchev–Trinajstić information content (AvgIpc) is 2.75. The summed E-state index contributed by atoms with van der Waals surface area (Å²) >= 11 is 6.91. The van der Waals surface area contributed by atoms with Crippen LogP contribution in [0.3, 0.4) is 0 Å². The number of carbonyl (C=O) groups is 1. The molecular formula is C15H22N2OS2. The first-order chi connectivity index (χ1) is 9.45. The normalized spacial score (nSPS) is 17.7. The maximum Gasteiger partial charge on any atom is 0.233 e. The molecule has 1 aliphatic rings. The number of rotatable bonds is 4. The molecule has 1 saturated carbocycles. The van der Waals surface area contributed by atoms with Gasteiger partial charge in [0.15, 0.2) is 0 Å². The summed E-state index contributed by atoms with van der Waals surface area (Å²) in [6, 6.07) is 2.13. The highest BCUT2D eigenvalue weighted by atomic mass is 32.1. The van der Waals surface area contributed by atoms with Crippen LogP contribution >= 0.6 is 23.6 Å². The van der Waals surface area contributed by atoms with Crippen molar-refractivity contribution in [1.29, 1.82) is 0 Å². The van der Waals surface area contributed by atoms with Crippen LogP contribution in [-0.2, 0) is 11.3 Å². The van der Waals surface area contributed by atoms with E-state index in [0.29, 0.717) is 11.5 Å². The second-order valence-corrected chi connectivity index (χ2v) is 7.42. The third-order valence-electron chi connectivity index (χ3n) is 4.25. The molecular weight excluding hydrogens is 288 g/mol. The van der Waals surface area contributed by atoms with Crippen molar-refractivity contribution in [3.05, 3.63) is 21.4 Å². The molecule has 0 aliphatic heterocycles. The first-order valence-corrected chi connectivity index (χ1v) is 8.32. The van der Waals surface area contributed by atoms with E-state index in [1.807, 2.05) is 0 Å². The maximum absolute atomic E-state index is 12.6. The summed E-state index contributed by atoms with van der Waals surface area (Å²) in [6.45, 7) is 4.76. The van der Waals surface area contributed by atoms with E-state index in [4.69, 9.17) is 18.0 Å². The standard InChI is InChI=1S/C15H22N2OS2/c1-10-8-12(20-11(10)2)9-17-14(18)15(13(16)19)6-4-3-5-7-15/h8H,3-7,9H2,1-2H3,(H2,16,19)(H,17,18). The van der Waals surface area contributed by atoms with Crippen LogP contribution < -0.4 is 11.1 Å². The lowest BCUT2D eigenvalue weighted by Gasteiger charge is -2.34. The van der Waals surface area contributed by atoms with Crippen LogP contribution in [0, 0.1) is 19.3 Å². The second-order valence-electron chi connectivity index (χ2n) is 5.64. The van der Waals surface area contributed by atoms with Crippen molar-refractivity contribution in [2.24, 2.45) is 11.1 Å². The number of carbonyl (C=O) groups excluding carboxylic acids is 1.